The van der Waals surface area contributed by atoms with Crippen LogP contribution in [0, 0.1) is 5.82 Å². The van der Waals surface area contributed by atoms with Gasteiger partial charge in [-0.3, -0.25) is 4.90 Å². The summed E-state index contributed by atoms with van der Waals surface area (Å²) in [5, 5.41) is 3.59. The Hall–Kier alpha value is -2.56. The summed E-state index contributed by atoms with van der Waals surface area (Å²) in [5.41, 5.74) is 11.8. The normalized spacial score (nSPS) is 16.3. The van der Waals surface area contributed by atoms with Crippen LogP contribution >= 0.6 is 0 Å². The van der Waals surface area contributed by atoms with E-state index >= 15 is 0 Å². The molecule has 0 aliphatic carbocycles. The van der Waals surface area contributed by atoms with Gasteiger partial charge in [-0.05, 0) is 47.8 Å². The lowest BCUT2D eigenvalue weighted by Crippen LogP contribution is -2.47. The highest BCUT2D eigenvalue weighted by Gasteiger charge is 2.22. The van der Waals surface area contributed by atoms with Crippen molar-refractivity contribution in [2.24, 2.45) is 5.11 Å². The van der Waals surface area contributed by atoms with Crippen molar-refractivity contribution in [3.8, 4) is 0 Å². The highest BCUT2D eigenvalue weighted by molar-refractivity contribution is 5.46. The molecule has 1 saturated heterocycles. The Morgan fingerprint density at radius 3 is 2.28 bits per heavy atom. The van der Waals surface area contributed by atoms with Crippen LogP contribution in [0.25, 0.3) is 10.4 Å². The van der Waals surface area contributed by atoms with Crippen LogP contribution < -0.4 is 4.90 Å². The van der Waals surface area contributed by atoms with E-state index in [1.54, 1.807) is 0 Å². The van der Waals surface area contributed by atoms with Gasteiger partial charge in [-0.25, -0.2) is 4.39 Å². The lowest BCUT2D eigenvalue weighted by molar-refractivity contribution is 0.198. The summed E-state index contributed by atoms with van der Waals surface area (Å²) in [4.78, 5) is 7.55. The van der Waals surface area contributed by atoms with Crippen LogP contribution in [0.15, 0.2) is 53.6 Å². The van der Waals surface area contributed by atoms with Crippen LogP contribution in [0.1, 0.15) is 24.1 Å². The zero-order valence-corrected chi connectivity index (χ0v) is 14.3. The van der Waals surface area contributed by atoms with Crippen LogP contribution in [0.2, 0.25) is 0 Å². The zero-order chi connectivity index (χ0) is 17.6. The quantitative estimate of drug-likeness (QED) is 0.457. The number of anilines is 1. The van der Waals surface area contributed by atoms with E-state index in [-0.39, 0.29) is 5.82 Å². The van der Waals surface area contributed by atoms with Gasteiger partial charge in [0.1, 0.15) is 5.82 Å². The SMILES string of the molecule is C[C@@H](c1ccc(CN=[N+]=[N-])cc1)N1CCN(c2ccc(F)cc2)CC1. The van der Waals surface area contributed by atoms with Gasteiger partial charge in [0, 0.05) is 42.8 Å². The van der Waals surface area contributed by atoms with Crippen molar-refractivity contribution in [1.82, 2.24) is 4.90 Å². The Kier molecular flexibility index (Phi) is 5.53. The fourth-order valence-electron chi connectivity index (χ4n) is 3.24. The van der Waals surface area contributed by atoms with Crippen molar-refractivity contribution < 1.29 is 4.39 Å². The minimum absolute atomic E-state index is 0.195. The third-order valence-electron chi connectivity index (χ3n) is 4.83. The summed E-state index contributed by atoms with van der Waals surface area (Å²) in [6.45, 7) is 6.42. The maximum Gasteiger partial charge on any atom is 0.123 e. The third kappa shape index (κ3) is 4.29. The topological polar surface area (TPSA) is 55.2 Å². The van der Waals surface area contributed by atoms with Gasteiger partial charge >= 0.3 is 0 Å². The summed E-state index contributed by atoms with van der Waals surface area (Å²) >= 11 is 0. The average Bonchev–Trinajstić information content (AvgIpc) is 2.67. The number of piperazine rings is 1. The molecule has 0 spiro atoms. The van der Waals surface area contributed by atoms with Crippen molar-refractivity contribution in [1.29, 1.82) is 0 Å². The molecule has 25 heavy (non-hydrogen) atoms. The Morgan fingerprint density at radius 2 is 1.68 bits per heavy atom. The first kappa shape index (κ1) is 17.3. The van der Waals surface area contributed by atoms with Crippen molar-refractivity contribution in [3.63, 3.8) is 0 Å². The first-order valence-electron chi connectivity index (χ1n) is 8.51. The highest BCUT2D eigenvalue weighted by Crippen LogP contribution is 2.24. The van der Waals surface area contributed by atoms with E-state index < -0.39 is 0 Å². The molecule has 0 radical (unpaired) electrons. The minimum Gasteiger partial charge on any atom is -0.369 e. The number of nitrogens with zero attached hydrogens (tertiary/aromatic N) is 5. The van der Waals surface area contributed by atoms with Gasteiger partial charge in [0.2, 0.25) is 0 Å². The second-order valence-electron chi connectivity index (χ2n) is 6.31. The Labute approximate surface area is 147 Å². The van der Waals surface area contributed by atoms with E-state index in [2.05, 4.69) is 38.9 Å². The van der Waals surface area contributed by atoms with E-state index in [4.69, 9.17) is 5.53 Å². The first-order valence-corrected chi connectivity index (χ1v) is 8.51. The Balaban J connectivity index is 1.58. The smallest absolute Gasteiger partial charge is 0.123 e. The van der Waals surface area contributed by atoms with Gasteiger partial charge in [0.05, 0.1) is 6.54 Å². The molecule has 1 atom stereocenters. The Bertz CT molecular complexity index is 729. The molecule has 0 bridgehead atoms. The van der Waals surface area contributed by atoms with Crippen LogP contribution in [0.3, 0.4) is 0 Å². The Morgan fingerprint density at radius 1 is 1.04 bits per heavy atom. The van der Waals surface area contributed by atoms with Gasteiger partial charge in [-0.15, -0.1) is 0 Å². The first-order chi connectivity index (χ1) is 12.2. The summed E-state index contributed by atoms with van der Waals surface area (Å²) in [6.07, 6.45) is 0. The van der Waals surface area contributed by atoms with Gasteiger partial charge in [-0.1, -0.05) is 29.4 Å². The van der Waals surface area contributed by atoms with Crippen LogP contribution in [0.4, 0.5) is 10.1 Å². The molecule has 1 fully saturated rings. The van der Waals surface area contributed by atoms with Gasteiger partial charge in [-0.2, -0.15) is 0 Å². The summed E-state index contributed by atoms with van der Waals surface area (Å²) in [5.74, 6) is -0.195. The van der Waals surface area contributed by atoms with Gasteiger partial charge in [0.15, 0.2) is 0 Å². The fourth-order valence-corrected chi connectivity index (χ4v) is 3.24. The maximum atomic E-state index is 13.1. The van der Waals surface area contributed by atoms with Crippen molar-refractivity contribution in [2.45, 2.75) is 19.5 Å². The lowest BCUT2D eigenvalue weighted by Gasteiger charge is -2.39. The van der Waals surface area contributed by atoms with Crippen LogP contribution in [-0.2, 0) is 6.54 Å². The minimum atomic E-state index is -0.195. The average molecular weight is 339 g/mol. The maximum absolute atomic E-state index is 13.1. The predicted octanol–water partition coefficient (Wildman–Crippen LogP) is 4.52. The lowest BCUT2D eigenvalue weighted by atomic mass is 10.0. The summed E-state index contributed by atoms with van der Waals surface area (Å²) in [6, 6.07) is 15.3. The summed E-state index contributed by atoms with van der Waals surface area (Å²) in [7, 11) is 0. The van der Waals surface area contributed by atoms with Crippen LogP contribution in [0.5, 0.6) is 0 Å². The fraction of sp³-hybridized carbons (Fsp3) is 0.368. The number of hydrogen-bond donors (Lipinski definition) is 0. The molecule has 0 saturated carbocycles. The van der Waals surface area contributed by atoms with Crippen molar-refractivity contribution in [3.05, 3.63) is 75.9 Å². The molecule has 2 aromatic carbocycles. The van der Waals surface area contributed by atoms with E-state index in [9.17, 15) is 4.39 Å². The number of rotatable bonds is 5. The monoisotopic (exact) mass is 339 g/mol. The molecule has 0 amide bonds. The molecule has 6 heteroatoms. The van der Waals surface area contributed by atoms with Gasteiger partial charge in [0.25, 0.3) is 0 Å². The summed E-state index contributed by atoms with van der Waals surface area (Å²) < 4.78 is 13.1. The molecule has 0 unspecified atom stereocenters. The molecule has 1 heterocycles. The van der Waals surface area contributed by atoms with E-state index in [0.29, 0.717) is 12.6 Å². The molecular formula is C19H22FN5. The van der Waals surface area contributed by atoms with Gasteiger partial charge < -0.3 is 4.90 Å². The number of halogens is 1. The molecule has 1 aliphatic heterocycles. The molecular weight excluding hydrogens is 317 g/mol. The molecule has 2 aromatic rings. The number of benzene rings is 2. The van der Waals surface area contributed by atoms with E-state index in [1.165, 1.54) is 17.7 Å². The second-order valence-corrected chi connectivity index (χ2v) is 6.31. The van der Waals surface area contributed by atoms with Crippen molar-refractivity contribution in [2.75, 3.05) is 31.1 Å². The molecule has 1 aliphatic rings. The third-order valence-corrected chi connectivity index (χ3v) is 4.83. The molecule has 0 N–H and O–H groups in total. The molecule has 130 valence electrons. The zero-order valence-electron chi connectivity index (χ0n) is 14.3. The highest BCUT2D eigenvalue weighted by atomic mass is 19.1. The standard InChI is InChI=1S/C19H22FN5/c1-15(17-4-2-16(3-5-17)14-22-23-21)24-10-12-25(13-11-24)19-8-6-18(20)7-9-19/h2-9,15H,10-14H2,1H3/t15-/m0/s1. The van der Waals surface area contributed by atoms with Crippen LogP contribution in [-0.4, -0.2) is 31.1 Å². The predicted molar refractivity (Wildman–Crippen MR) is 97.9 cm³/mol. The molecule has 5 nitrogen and oxygen atoms in total. The largest absolute Gasteiger partial charge is 0.369 e. The molecule has 3 rings (SSSR count). The van der Waals surface area contributed by atoms with Crippen molar-refractivity contribution >= 4 is 5.69 Å². The number of hydrogen-bond acceptors (Lipinski definition) is 3. The van der Waals surface area contributed by atoms with E-state index in [1.807, 2.05) is 24.3 Å². The molecule has 0 aromatic heterocycles. The second kappa shape index (κ2) is 8.01. The van der Waals surface area contributed by atoms with E-state index in [0.717, 1.165) is 37.4 Å². The number of azide groups is 1.